The SMILES string of the molecule is O=C(C=C1CCC1)NC(CO)c1ccccc1. The third kappa shape index (κ3) is 3.17. The minimum atomic E-state index is -0.319. The van der Waals surface area contributed by atoms with Crippen molar-refractivity contribution in [2.45, 2.75) is 25.3 Å². The van der Waals surface area contributed by atoms with Gasteiger partial charge in [0.15, 0.2) is 0 Å². The molecule has 1 amide bonds. The lowest BCUT2D eigenvalue weighted by Crippen LogP contribution is -2.29. The summed E-state index contributed by atoms with van der Waals surface area (Å²) >= 11 is 0. The van der Waals surface area contributed by atoms with E-state index in [9.17, 15) is 9.90 Å². The van der Waals surface area contributed by atoms with E-state index in [1.165, 1.54) is 12.0 Å². The quantitative estimate of drug-likeness (QED) is 0.778. The Labute approximate surface area is 101 Å². The van der Waals surface area contributed by atoms with Crippen molar-refractivity contribution in [3.8, 4) is 0 Å². The average Bonchev–Trinajstić information content (AvgIpc) is 2.32. The summed E-state index contributed by atoms with van der Waals surface area (Å²) in [5, 5.41) is 12.1. The van der Waals surface area contributed by atoms with Crippen LogP contribution in [0.1, 0.15) is 30.9 Å². The van der Waals surface area contributed by atoms with Crippen LogP contribution in [-0.2, 0) is 4.79 Å². The van der Waals surface area contributed by atoms with E-state index in [4.69, 9.17) is 0 Å². The first kappa shape index (κ1) is 11.9. The lowest BCUT2D eigenvalue weighted by Gasteiger charge is -2.18. The smallest absolute Gasteiger partial charge is 0.244 e. The molecular formula is C14H17NO2. The first-order valence-electron chi connectivity index (χ1n) is 5.95. The maximum atomic E-state index is 11.7. The van der Waals surface area contributed by atoms with Gasteiger partial charge in [0, 0.05) is 6.08 Å². The monoisotopic (exact) mass is 231 g/mol. The van der Waals surface area contributed by atoms with Crippen molar-refractivity contribution in [3.05, 3.63) is 47.5 Å². The normalized spacial score (nSPS) is 15.9. The lowest BCUT2D eigenvalue weighted by atomic mass is 9.92. The van der Waals surface area contributed by atoms with Gasteiger partial charge in [0.25, 0.3) is 0 Å². The molecule has 3 heteroatoms. The van der Waals surface area contributed by atoms with Gasteiger partial charge in [-0.05, 0) is 24.8 Å². The van der Waals surface area contributed by atoms with Crippen LogP contribution in [0.2, 0.25) is 0 Å². The molecule has 2 rings (SSSR count). The van der Waals surface area contributed by atoms with Gasteiger partial charge in [-0.15, -0.1) is 0 Å². The van der Waals surface area contributed by atoms with Gasteiger partial charge < -0.3 is 10.4 Å². The summed E-state index contributed by atoms with van der Waals surface area (Å²) in [5.41, 5.74) is 2.13. The topological polar surface area (TPSA) is 49.3 Å². The number of allylic oxidation sites excluding steroid dienone is 1. The fourth-order valence-corrected chi connectivity index (χ4v) is 1.84. The van der Waals surface area contributed by atoms with E-state index < -0.39 is 0 Å². The summed E-state index contributed by atoms with van der Waals surface area (Å²) in [7, 11) is 0. The highest BCUT2D eigenvalue weighted by Crippen LogP contribution is 2.24. The first-order valence-corrected chi connectivity index (χ1v) is 5.95. The molecule has 17 heavy (non-hydrogen) atoms. The predicted molar refractivity (Wildman–Crippen MR) is 66.3 cm³/mol. The Morgan fingerprint density at radius 2 is 2.06 bits per heavy atom. The van der Waals surface area contributed by atoms with Gasteiger partial charge in [0.05, 0.1) is 12.6 Å². The van der Waals surface area contributed by atoms with Gasteiger partial charge in [-0.1, -0.05) is 35.9 Å². The van der Waals surface area contributed by atoms with E-state index in [0.717, 1.165) is 18.4 Å². The van der Waals surface area contributed by atoms with Crippen molar-refractivity contribution in [2.24, 2.45) is 0 Å². The number of rotatable bonds is 4. The number of hydrogen-bond acceptors (Lipinski definition) is 2. The molecule has 1 atom stereocenters. The summed E-state index contributed by atoms with van der Waals surface area (Å²) in [6.45, 7) is -0.0844. The fraction of sp³-hybridized carbons (Fsp3) is 0.357. The number of hydrogen-bond donors (Lipinski definition) is 2. The van der Waals surface area contributed by atoms with Crippen molar-refractivity contribution in [1.29, 1.82) is 0 Å². The molecule has 2 N–H and O–H groups in total. The number of aliphatic hydroxyl groups is 1. The second kappa shape index (κ2) is 5.64. The van der Waals surface area contributed by atoms with Crippen LogP contribution >= 0.6 is 0 Å². The summed E-state index contributed by atoms with van der Waals surface area (Å²) in [5.74, 6) is -0.109. The Bertz CT molecular complexity index is 405. The van der Waals surface area contributed by atoms with Gasteiger partial charge in [-0.25, -0.2) is 0 Å². The minimum absolute atomic E-state index is 0.0844. The molecule has 0 saturated heterocycles. The Hall–Kier alpha value is -1.61. The first-order chi connectivity index (χ1) is 8.29. The molecule has 1 aromatic carbocycles. The second-order valence-electron chi connectivity index (χ2n) is 4.31. The zero-order valence-corrected chi connectivity index (χ0v) is 9.73. The van der Waals surface area contributed by atoms with E-state index in [-0.39, 0.29) is 18.6 Å². The van der Waals surface area contributed by atoms with E-state index in [2.05, 4.69) is 5.32 Å². The minimum Gasteiger partial charge on any atom is -0.394 e. The average molecular weight is 231 g/mol. The lowest BCUT2D eigenvalue weighted by molar-refractivity contribution is -0.117. The van der Waals surface area contributed by atoms with Crippen LogP contribution in [0.4, 0.5) is 0 Å². The molecule has 3 nitrogen and oxygen atoms in total. The summed E-state index contributed by atoms with van der Waals surface area (Å²) < 4.78 is 0. The Kier molecular flexibility index (Phi) is 3.94. The maximum absolute atomic E-state index is 11.7. The number of aliphatic hydroxyl groups excluding tert-OH is 1. The molecule has 0 bridgehead atoms. The number of amides is 1. The largest absolute Gasteiger partial charge is 0.394 e. The maximum Gasteiger partial charge on any atom is 0.244 e. The highest BCUT2D eigenvalue weighted by atomic mass is 16.3. The van der Waals surface area contributed by atoms with E-state index >= 15 is 0 Å². The molecule has 0 aromatic heterocycles. The summed E-state index contributed by atoms with van der Waals surface area (Å²) in [6.07, 6.45) is 4.90. The van der Waals surface area contributed by atoms with Crippen molar-refractivity contribution >= 4 is 5.91 Å². The van der Waals surface area contributed by atoms with Crippen molar-refractivity contribution in [1.82, 2.24) is 5.32 Å². The van der Waals surface area contributed by atoms with Crippen LogP contribution in [0, 0.1) is 0 Å². The summed E-state index contributed by atoms with van der Waals surface area (Å²) in [6, 6.07) is 9.19. The van der Waals surface area contributed by atoms with Crippen LogP contribution in [0.3, 0.4) is 0 Å². The van der Waals surface area contributed by atoms with Crippen molar-refractivity contribution < 1.29 is 9.90 Å². The molecular weight excluding hydrogens is 214 g/mol. The van der Waals surface area contributed by atoms with Crippen LogP contribution < -0.4 is 5.32 Å². The van der Waals surface area contributed by atoms with Crippen LogP contribution in [0.5, 0.6) is 0 Å². The van der Waals surface area contributed by atoms with Gasteiger partial charge in [0.1, 0.15) is 0 Å². The van der Waals surface area contributed by atoms with Gasteiger partial charge >= 0.3 is 0 Å². The Morgan fingerprint density at radius 3 is 2.59 bits per heavy atom. The highest BCUT2D eigenvalue weighted by molar-refractivity contribution is 5.88. The van der Waals surface area contributed by atoms with Crippen LogP contribution in [0.15, 0.2) is 42.0 Å². The number of carbonyl (C=O) groups excluding carboxylic acids is 1. The molecule has 1 unspecified atom stereocenters. The van der Waals surface area contributed by atoms with Crippen molar-refractivity contribution in [2.75, 3.05) is 6.61 Å². The fourth-order valence-electron chi connectivity index (χ4n) is 1.84. The highest BCUT2D eigenvalue weighted by Gasteiger charge is 2.14. The molecule has 0 radical (unpaired) electrons. The summed E-state index contributed by atoms with van der Waals surface area (Å²) in [4.78, 5) is 11.7. The van der Waals surface area contributed by atoms with Gasteiger partial charge in [-0.2, -0.15) is 0 Å². The third-order valence-electron chi connectivity index (χ3n) is 3.03. The van der Waals surface area contributed by atoms with Crippen LogP contribution in [-0.4, -0.2) is 17.6 Å². The molecule has 1 saturated carbocycles. The van der Waals surface area contributed by atoms with E-state index in [1.54, 1.807) is 6.08 Å². The molecule has 90 valence electrons. The standard InChI is InChI=1S/C14H17NO2/c16-10-13(12-7-2-1-3-8-12)15-14(17)9-11-5-4-6-11/h1-3,7-9,13,16H,4-6,10H2,(H,15,17). The molecule has 1 fully saturated rings. The van der Waals surface area contributed by atoms with Crippen LogP contribution in [0.25, 0.3) is 0 Å². The molecule has 0 spiro atoms. The van der Waals surface area contributed by atoms with E-state index in [1.807, 2.05) is 30.3 Å². The van der Waals surface area contributed by atoms with Crippen molar-refractivity contribution in [3.63, 3.8) is 0 Å². The molecule has 1 aromatic rings. The number of nitrogens with one attached hydrogen (secondary N) is 1. The zero-order chi connectivity index (χ0) is 12.1. The third-order valence-corrected chi connectivity index (χ3v) is 3.03. The van der Waals surface area contributed by atoms with Gasteiger partial charge in [0.2, 0.25) is 5.91 Å². The molecule has 1 aliphatic carbocycles. The number of carbonyl (C=O) groups is 1. The second-order valence-corrected chi connectivity index (χ2v) is 4.31. The molecule has 0 aliphatic heterocycles. The Morgan fingerprint density at radius 1 is 1.35 bits per heavy atom. The predicted octanol–water partition coefficient (Wildman–Crippen LogP) is 1.95. The number of benzene rings is 1. The van der Waals surface area contributed by atoms with Gasteiger partial charge in [-0.3, -0.25) is 4.79 Å². The Balaban J connectivity index is 1.98. The van der Waals surface area contributed by atoms with E-state index in [0.29, 0.717) is 0 Å². The molecule has 0 heterocycles. The zero-order valence-electron chi connectivity index (χ0n) is 9.73. The molecule has 1 aliphatic rings.